The van der Waals surface area contributed by atoms with Crippen LogP contribution < -0.4 is 10.6 Å². The molecule has 0 unspecified atom stereocenters. The zero-order valence-corrected chi connectivity index (χ0v) is 8.23. The normalized spacial score (nSPS) is 9.73. The summed E-state index contributed by atoms with van der Waals surface area (Å²) in [5, 5.41) is 18.6. The lowest BCUT2D eigenvalue weighted by molar-refractivity contribution is -0.384. The van der Waals surface area contributed by atoms with Crippen LogP contribution in [0.25, 0.3) is 0 Å². The third-order valence-electron chi connectivity index (χ3n) is 1.58. The van der Waals surface area contributed by atoms with Crippen LogP contribution in [0.4, 0.5) is 16.4 Å². The average Bonchev–Trinajstić information content (AvgIpc) is 2.47. The maximum Gasteiger partial charge on any atom is 0.356 e. The molecule has 0 atom stereocenters. The summed E-state index contributed by atoms with van der Waals surface area (Å²) in [7, 11) is 0. The van der Waals surface area contributed by atoms with E-state index in [0.29, 0.717) is 6.54 Å². The fraction of sp³-hybridized carbons (Fsp3) is 0.429. The van der Waals surface area contributed by atoms with Crippen molar-refractivity contribution in [2.45, 2.75) is 13.8 Å². The van der Waals surface area contributed by atoms with E-state index in [1.165, 1.54) is 6.92 Å². The van der Waals surface area contributed by atoms with E-state index in [1.54, 1.807) is 6.92 Å². The number of nitrogens with zero attached hydrogens (tertiary/aromatic N) is 2. The Kier molecular flexibility index (Phi) is 3.21. The first-order chi connectivity index (χ1) is 7.06. The highest BCUT2D eigenvalue weighted by atomic mass is 16.6. The van der Waals surface area contributed by atoms with Crippen molar-refractivity contribution in [3.63, 3.8) is 0 Å². The third-order valence-corrected chi connectivity index (χ3v) is 1.58. The quantitative estimate of drug-likeness (QED) is 0.576. The molecule has 0 saturated heterocycles. The molecule has 1 aromatic rings. The molecule has 82 valence electrons. The molecule has 0 bridgehead atoms. The highest BCUT2D eigenvalue weighted by Crippen LogP contribution is 2.27. The number of hydrogen-bond donors (Lipinski definition) is 2. The minimum Gasteiger partial charge on any atom is -0.338 e. The van der Waals surface area contributed by atoms with E-state index in [2.05, 4.69) is 20.3 Å². The number of urea groups is 1. The summed E-state index contributed by atoms with van der Waals surface area (Å²) in [5.41, 5.74) is -0.215. The minimum absolute atomic E-state index is 0.117. The molecule has 2 N–H and O–H groups in total. The van der Waals surface area contributed by atoms with Gasteiger partial charge in [0.2, 0.25) is 0 Å². The molecule has 1 heterocycles. The lowest BCUT2D eigenvalue weighted by Crippen LogP contribution is -2.28. The number of hydrogen-bond acceptors (Lipinski definition) is 5. The number of amides is 2. The molecule has 2 amide bonds. The fourth-order valence-corrected chi connectivity index (χ4v) is 0.970. The van der Waals surface area contributed by atoms with Gasteiger partial charge in [-0.3, -0.25) is 15.4 Å². The Bertz CT molecular complexity index is 386. The van der Waals surface area contributed by atoms with Crippen LogP contribution in [-0.4, -0.2) is 22.7 Å². The van der Waals surface area contributed by atoms with Gasteiger partial charge in [-0.1, -0.05) is 5.16 Å². The van der Waals surface area contributed by atoms with E-state index in [9.17, 15) is 14.9 Å². The van der Waals surface area contributed by atoms with E-state index in [0.717, 1.165) is 0 Å². The predicted octanol–water partition coefficient (Wildman–Crippen LogP) is 1.03. The first-order valence-corrected chi connectivity index (χ1v) is 4.21. The number of nitro groups is 1. The van der Waals surface area contributed by atoms with Gasteiger partial charge in [0, 0.05) is 6.54 Å². The van der Waals surface area contributed by atoms with Gasteiger partial charge < -0.3 is 9.84 Å². The van der Waals surface area contributed by atoms with Crippen molar-refractivity contribution in [3.8, 4) is 0 Å². The van der Waals surface area contributed by atoms with Crippen molar-refractivity contribution in [3.05, 3.63) is 15.8 Å². The summed E-state index contributed by atoms with van der Waals surface area (Å²) < 4.78 is 4.61. The lowest BCUT2D eigenvalue weighted by Gasteiger charge is -2.00. The van der Waals surface area contributed by atoms with E-state index in [-0.39, 0.29) is 17.3 Å². The first-order valence-electron chi connectivity index (χ1n) is 4.21. The topological polar surface area (TPSA) is 110 Å². The lowest BCUT2D eigenvalue weighted by atomic mass is 10.4. The van der Waals surface area contributed by atoms with Crippen LogP contribution in [0.15, 0.2) is 4.52 Å². The molecule has 0 radical (unpaired) electrons. The van der Waals surface area contributed by atoms with Gasteiger partial charge in [-0.05, 0) is 13.8 Å². The number of aryl methyl sites for hydroxylation is 1. The van der Waals surface area contributed by atoms with Gasteiger partial charge in [0.15, 0.2) is 5.69 Å². The maximum absolute atomic E-state index is 11.1. The second-order valence-electron chi connectivity index (χ2n) is 2.69. The molecule has 0 aromatic carbocycles. The van der Waals surface area contributed by atoms with Crippen molar-refractivity contribution in [2.24, 2.45) is 0 Å². The zero-order valence-electron chi connectivity index (χ0n) is 8.23. The highest BCUT2D eigenvalue weighted by molar-refractivity contribution is 5.89. The molecule has 0 saturated carbocycles. The molecule has 0 aliphatic carbocycles. The SMILES string of the molecule is CCNC(=O)Nc1onc(C)c1[N+](=O)[O-]. The van der Waals surface area contributed by atoms with Gasteiger partial charge in [0.1, 0.15) is 0 Å². The fourth-order valence-electron chi connectivity index (χ4n) is 0.970. The second-order valence-corrected chi connectivity index (χ2v) is 2.69. The molecule has 0 spiro atoms. The van der Waals surface area contributed by atoms with E-state index in [1.807, 2.05) is 0 Å². The summed E-state index contributed by atoms with van der Waals surface area (Å²) in [4.78, 5) is 21.0. The Balaban J connectivity index is 2.86. The summed E-state index contributed by atoms with van der Waals surface area (Å²) >= 11 is 0. The van der Waals surface area contributed by atoms with Crippen LogP contribution in [0, 0.1) is 17.0 Å². The van der Waals surface area contributed by atoms with Crippen molar-refractivity contribution < 1.29 is 14.2 Å². The van der Waals surface area contributed by atoms with Gasteiger partial charge in [-0.15, -0.1) is 0 Å². The van der Waals surface area contributed by atoms with Crippen molar-refractivity contribution in [1.29, 1.82) is 0 Å². The molecule has 0 aliphatic heterocycles. The van der Waals surface area contributed by atoms with E-state index in [4.69, 9.17) is 0 Å². The summed E-state index contributed by atoms with van der Waals surface area (Å²) in [6.07, 6.45) is 0. The summed E-state index contributed by atoms with van der Waals surface area (Å²) in [6.45, 7) is 3.55. The van der Waals surface area contributed by atoms with Crippen molar-refractivity contribution >= 4 is 17.6 Å². The molecule has 8 heteroatoms. The van der Waals surface area contributed by atoms with Gasteiger partial charge >= 0.3 is 17.6 Å². The Morgan fingerprint density at radius 1 is 1.67 bits per heavy atom. The number of carbonyl (C=O) groups excluding carboxylic acids is 1. The second kappa shape index (κ2) is 4.40. The number of nitrogens with one attached hydrogen (secondary N) is 2. The smallest absolute Gasteiger partial charge is 0.338 e. The minimum atomic E-state index is -0.659. The number of carbonyl (C=O) groups is 1. The van der Waals surface area contributed by atoms with Crippen LogP contribution in [0.5, 0.6) is 0 Å². The Morgan fingerprint density at radius 2 is 2.33 bits per heavy atom. The third kappa shape index (κ3) is 2.42. The Morgan fingerprint density at radius 3 is 2.87 bits per heavy atom. The zero-order chi connectivity index (χ0) is 11.4. The van der Waals surface area contributed by atoms with Crippen LogP contribution >= 0.6 is 0 Å². The van der Waals surface area contributed by atoms with Crippen LogP contribution in [0.3, 0.4) is 0 Å². The standard InChI is InChI=1S/C7H10N4O4/c1-3-8-7(12)9-6-5(11(13)14)4(2)10-15-6/h3H2,1-2H3,(H2,8,9,12). The van der Waals surface area contributed by atoms with Crippen molar-refractivity contribution in [1.82, 2.24) is 10.5 Å². The molecule has 8 nitrogen and oxygen atoms in total. The molecular formula is C7H10N4O4. The molecular weight excluding hydrogens is 204 g/mol. The van der Waals surface area contributed by atoms with E-state index < -0.39 is 11.0 Å². The number of aromatic nitrogens is 1. The first kappa shape index (κ1) is 11.0. The van der Waals surface area contributed by atoms with Gasteiger partial charge in [-0.2, -0.15) is 0 Å². The van der Waals surface area contributed by atoms with Crippen LogP contribution in [0.1, 0.15) is 12.6 Å². The molecule has 0 aliphatic rings. The maximum atomic E-state index is 11.1. The predicted molar refractivity (Wildman–Crippen MR) is 50.6 cm³/mol. The summed E-state index contributed by atoms with van der Waals surface area (Å²) in [6, 6.07) is -0.572. The average molecular weight is 214 g/mol. The number of anilines is 1. The van der Waals surface area contributed by atoms with Gasteiger partial charge in [0.25, 0.3) is 0 Å². The Labute approximate surface area is 84.8 Å². The largest absolute Gasteiger partial charge is 0.356 e. The molecule has 1 aromatic heterocycles. The Hall–Kier alpha value is -2.12. The van der Waals surface area contributed by atoms with Gasteiger partial charge in [-0.25, -0.2) is 4.79 Å². The van der Waals surface area contributed by atoms with Gasteiger partial charge in [0.05, 0.1) is 4.92 Å². The summed E-state index contributed by atoms with van der Waals surface area (Å²) in [5.74, 6) is -0.261. The molecule has 0 fully saturated rings. The van der Waals surface area contributed by atoms with Crippen LogP contribution in [0.2, 0.25) is 0 Å². The van der Waals surface area contributed by atoms with E-state index >= 15 is 0 Å². The monoisotopic (exact) mass is 214 g/mol. The van der Waals surface area contributed by atoms with Crippen molar-refractivity contribution in [2.75, 3.05) is 11.9 Å². The molecule has 15 heavy (non-hydrogen) atoms. The number of rotatable bonds is 3. The highest BCUT2D eigenvalue weighted by Gasteiger charge is 2.25. The molecule has 1 rings (SSSR count). The van der Waals surface area contributed by atoms with Crippen LogP contribution in [-0.2, 0) is 0 Å².